The minimum absolute atomic E-state index is 0.134. The van der Waals surface area contributed by atoms with Gasteiger partial charge in [-0.25, -0.2) is 4.98 Å². The summed E-state index contributed by atoms with van der Waals surface area (Å²) in [6.45, 7) is 1.80. The van der Waals surface area contributed by atoms with E-state index in [9.17, 15) is 4.79 Å². The molecular weight excluding hydrogens is 348 g/mol. The van der Waals surface area contributed by atoms with Crippen LogP contribution in [0.1, 0.15) is 6.92 Å². The number of carbonyl (C=O) groups excluding carboxylic acids is 1. The highest BCUT2D eigenvalue weighted by atomic mass is 35.5. The summed E-state index contributed by atoms with van der Waals surface area (Å²) < 4.78 is 10.7. The van der Waals surface area contributed by atoms with Gasteiger partial charge in [0.15, 0.2) is 5.58 Å². The van der Waals surface area contributed by atoms with Gasteiger partial charge >= 0.3 is 0 Å². The second kappa shape index (κ2) is 7.15. The predicted octanol–water partition coefficient (Wildman–Crippen LogP) is 4.61. The number of oxazole rings is 1. The maximum atomic E-state index is 12.3. The summed E-state index contributed by atoms with van der Waals surface area (Å²) in [6.07, 6.45) is 0. The third kappa shape index (κ3) is 3.83. The first-order chi connectivity index (χ1) is 11.5. The molecule has 1 aromatic heterocycles. The predicted molar refractivity (Wildman–Crippen MR) is 96.0 cm³/mol. The van der Waals surface area contributed by atoms with Gasteiger partial charge in [-0.05, 0) is 43.3 Å². The maximum absolute atomic E-state index is 12.3. The van der Waals surface area contributed by atoms with E-state index < -0.39 is 0 Å². The summed E-state index contributed by atoms with van der Waals surface area (Å²) >= 11 is 7.18. The molecule has 0 radical (unpaired) electrons. The lowest BCUT2D eigenvalue weighted by Crippen LogP contribution is -2.22. The van der Waals surface area contributed by atoms with Crippen LogP contribution in [-0.2, 0) is 4.79 Å². The van der Waals surface area contributed by atoms with Crippen LogP contribution in [0.15, 0.2) is 52.1 Å². The quantitative estimate of drug-likeness (QED) is 0.671. The van der Waals surface area contributed by atoms with Crippen LogP contribution >= 0.6 is 23.4 Å². The molecule has 124 valence electrons. The lowest BCUT2D eigenvalue weighted by atomic mass is 10.3. The Morgan fingerprint density at radius 1 is 1.29 bits per heavy atom. The van der Waals surface area contributed by atoms with E-state index in [0.717, 1.165) is 5.75 Å². The van der Waals surface area contributed by atoms with Gasteiger partial charge in [-0.2, -0.15) is 0 Å². The van der Waals surface area contributed by atoms with Gasteiger partial charge in [-0.1, -0.05) is 23.4 Å². The standard InChI is InChI=1S/C17H15ClN2O3S/c1-10(16(21)19-12-4-6-13(22-2)7-5-12)24-17-20-14-8-3-11(18)9-15(14)23-17/h3-10H,1-2H3,(H,19,21)/t10-/m0/s1. The molecule has 1 heterocycles. The molecule has 3 aromatic rings. The van der Waals surface area contributed by atoms with Crippen LogP contribution in [0.4, 0.5) is 5.69 Å². The lowest BCUT2D eigenvalue weighted by Gasteiger charge is -2.10. The van der Waals surface area contributed by atoms with Gasteiger partial charge in [0, 0.05) is 16.8 Å². The number of nitrogens with zero attached hydrogens (tertiary/aromatic N) is 1. The molecule has 0 fully saturated rings. The number of rotatable bonds is 5. The fourth-order valence-electron chi connectivity index (χ4n) is 2.05. The van der Waals surface area contributed by atoms with E-state index in [2.05, 4.69) is 10.3 Å². The summed E-state index contributed by atoms with van der Waals surface area (Å²) in [6, 6.07) is 12.4. The van der Waals surface area contributed by atoms with Crippen molar-refractivity contribution in [2.45, 2.75) is 17.4 Å². The maximum Gasteiger partial charge on any atom is 0.257 e. The van der Waals surface area contributed by atoms with Crippen molar-refractivity contribution in [1.29, 1.82) is 0 Å². The van der Waals surface area contributed by atoms with Gasteiger partial charge in [-0.3, -0.25) is 4.79 Å². The minimum atomic E-state index is -0.365. The molecule has 1 atom stereocenters. The summed E-state index contributed by atoms with van der Waals surface area (Å²) in [5.74, 6) is 0.603. The third-order valence-corrected chi connectivity index (χ3v) is 4.51. The van der Waals surface area contributed by atoms with Crippen molar-refractivity contribution in [3.63, 3.8) is 0 Å². The molecule has 0 aliphatic carbocycles. The monoisotopic (exact) mass is 362 g/mol. The van der Waals surface area contributed by atoms with Crippen LogP contribution in [0.25, 0.3) is 11.1 Å². The number of fused-ring (bicyclic) bond motifs is 1. The van der Waals surface area contributed by atoms with Gasteiger partial charge in [0.25, 0.3) is 5.22 Å². The number of carbonyl (C=O) groups is 1. The molecule has 0 saturated heterocycles. The van der Waals surface area contributed by atoms with E-state index in [1.165, 1.54) is 11.8 Å². The fraction of sp³-hybridized carbons (Fsp3) is 0.176. The minimum Gasteiger partial charge on any atom is -0.497 e. The van der Waals surface area contributed by atoms with Crippen LogP contribution in [0.3, 0.4) is 0 Å². The first kappa shape index (κ1) is 16.7. The number of halogens is 1. The number of hydrogen-bond donors (Lipinski definition) is 1. The highest BCUT2D eigenvalue weighted by molar-refractivity contribution is 8.00. The molecule has 0 saturated carbocycles. The van der Waals surface area contributed by atoms with Crippen molar-refractivity contribution >= 4 is 46.1 Å². The molecule has 0 unspecified atom stereocenters. The van der Waals surface area contributed by atoms with Gasteiger partial charge < -0.3 is 14.5 Å². The topological polar surface area (TPSA) is 64.4 Å². The second-order valence-corrected chi connectivity index (χ2v) is 6.80. The Balaban J connectivity index is 1.65. The molecule has 2 aromatic carbocycles. The van der Waals surface area contributed by atoms with Crippen LogP contribution in [0, 0.1) is 0 Å². The van der Waals surface area contributed by atoms with Gasteiger partial charge in [0.1, 0.15) is 11.3 Å². The Kier molecular flexibility index (Phi) is 4.97. The number of anilines is 1. The van der Waals surface area contributed by atoms with Crippen LogP contribution in [-0.4, -0.2) is 23.3 Å². The molecule has 5 nitrogen and oxygen atoms in total. The molecule has 24 heavy (non-hydrogen) atoms. The zero-order valence-corrected chi connectivity index (χ0v) is 14.6. The number of amides is 1. The SMILES string of the molecule is COc1ccc(NC(=O)[C@H](C)Sc2nc3ccc(Cl)cc3o2)cc1. The summed E-state index contributed by atoms with van der Waals surface area (Å²) in [7, 11) is 1.60. The van der Waals surface area contributed by atoms with Crippen molar-refractivity contribution in [3.8, 4) is 5.75 Å². The van der Waals surface area contributed by atoms with Crippen molar-refractivity contribution in [2.75, 3.05) is 12.4 Å². The van der Waals surface area contributed by atoms with Crippen LogP contribution < -0.4 is 10.1 Å². The zero-order chi connectivity index (χ0) is 17.1. The number of thioether (sulfide) groups is 1. The lowest BCUT2D eigenvalue weighted by molar-refractivity contribution is -0.115. The number of methoxy groups -OCH3 is 1. The first-order valence-corrected chi connectivity index (χ1v) is 8.48. The highest BCUT2D eigenvalue weighted by Gasteiger charge is 2.18. The van der Waals surface area contributed by atoms with Gasteiger partial charge in [0.2, 0.25) is 5.91 Å². The van der Waals surface area contributed by atoms with Gasteiger partial charge in [-0.15, -0.1) is 0 Å². The van der Waals surface area contributed by atoms with E-state index in [0.29, 0.717) is 27.0 Å². The molecule has 3 rings (SSSR count). The summed E-state index contributed by atoms with van der Waals surface area (Å²) in [5, 5.41) is 3.50. The van der Waals surface area contributed by atoms with Crippen molar-refractivity contribution in [1.82, 2.24) is 4.98 Å². The van der Waals surface area contributed by atoms with E-state index in [1.54, 1.807) is 56.5 Å². The summed E-state index contributed by atoms with van der Waals surface area (Å²) in [5.41, 5.74) is 2.02. The first-order valence-electron chi connectivity index (χ1n) is 7.23. The number of nitrogens with one attached hydrogen (secondary N) is 1. The number of ether oxygens (including phenoxy) is 1. The largest absolute Gasteiger partial charge is 0.497 e. The zero-order valence-electron chi connectivity index (χ0n) is 13.1. The normalized spacial score (nSPS) is 12.1. The average Bonchev–Trinajstić information content (AvgIpc) is 2.96. The third-order valence-electron chi connectivity index (χ3n) is 3.34. The molecule has 1 N–H and O–H groups in total. The molecule has 0 spiro atoms. The summed E-state index contributed by atoms with van der Waals surface area (Å²) in [4.78, 5) is 16.6. The van der Waals surface area contributed by atoms with E-state index in [-0.39, 0.29) is 11.2 Å². The van der Waals surface area contributed by atoms with E-state index in [4.69, 9.17) is 20.8 Å². The molecule has 1 amide bonds. The molecule has 7 heteroatoms. The smallest absolute Gasteiger partial charge is 0.257 e. The molecular formula is C17H15ClN2O3S. The Bertz CT molecular complexity index is 864. The van der Waals surface area contributed by atoms with Crippen LogP contribution in [0.5, 0.6) is 5.75 Å². The number of hydrogen-bond acceptors (Lipinski definition) is 5. The Morgan fingerprint density at radius 2 is 2.04 bits per heavy atom. The fourth-order valence-corrected chi connectivity index (χ4v) is 2.97. The highest BCUT2D eigenvalue weighted by Crippen LogP contribution is 2.28. The Labute approximate surface area is 148 Å². The number of aromatic nitrogens is 1. The molecule has 0 bridgehead atoms. The van der Waals surface area contributed by atoms with Crippen LogP contribution in [0.2, 0.25) is 5.02 Å². The molecule has 0 aliphatic rings. The van der Waals surface area contributed by atoms with Crippen molar-refractivity contribution in [3.05, 3.63) is 47.5 Å². The Hall–Kier alpha value is -2.18. The van der Waals surface area contributed by atoms with Crippen molar-refractivity contribution < 1.29 is 13.9 Å². The van der Waals surface area contributed by atoms with Crippen molar-refractivity contribution in [2.24, 2.45) is 0 Å². The average molecular weight is 363 g/mol. The van der Waals surface area contributed by atoms with E-state index >= 15 is 0 Å². The van der Waals surface area contributed by atoms with Gasteiger partial charge in [0.05, 0.1) is 12.4 Å². The van der Waals surface area contributed by atoms with E-state index in [1.807, 2.05) is 0 Å². The number of benzene rings is 2. The second-order valence-electron chi connectivity index (χ2n) is 5.07. The molecule has 0 aliphatic heterocycles. The Morgan fingerprint density at radius 3 is 2.75 bits per heavy atom.